The number of hydrogen-bond donors (Lipinski definition) is 0. The number of carbonyl (C=O) groups excluding carboxylic acids is 1. The predicted octanol–water partition coefficient (Wildman–Crippen LogP) is 6.78. The number of fused-ring (bicyclic) bond motifs is 3. The molecule has 0 amide bonds. The summed E-state index contributed by atoms with van der Waals surface area (Å²) >= 11 is 6.23. The van der Waals surface area contributed by atoms with Crippen LogP contribution in [0, 0.1) is 0 Å². The zero-order chi connectivity index (χ0) is 25.2. The lowest BCUT2D eigenvalue weighted by Gasteiger charge is -2.22. The van der Waals surface area contributed by atoms with Crippen molar-refractivity contribution in [3.05, 3.63) is 58.7 Å². The normalized spacial score (nSPS) is 15.5. The van der Waals surface area contributed by atoms with Crippen LogP contribution in [0.4, 0.5) is 8.78 Å². The van der Waals surface area contributed by atoms with E-state index in [0.29, 0.717) is 12.2 Å². The molecule has 0 N–H and O–H groups in total. The van der Waals surface area contributed by atoms with Crippen molar-refractivity contribution >= 4 is 28.5 Å². The van der Waals surface area contributed by atoms with Crippen molar-refractivity contribution in [2.75, 3.05) is 13.3 Å². The third-order valence-corrected chi connectivity index (χ3v) is 6.15. The molecule has 0 radical (unpaired) electrons. The van der Waals surface area contributed by atoms with Gasteiger partial charge in [0.1, 0.15) is 37.1 Å². The molecule has 0 spiro atoms. The third kappa shape index (κ3) is 6.07. The fourth-order valence-electron chi connectivity index (χ4n) is 4.36. The Labute approximate surface area is 208 Å². The van der Waals surface area contributed by atoms with Crippen molar-refractivity contribution in [1.82, 2.24) is 4.57 Å². The van der Waals surface area contributed by atoms with Crippen molar-refractivity contribution in [1.29, 1.82) is 0 Å². The van der Waals surface area contributed by atoms with Crippen LogP contribution >= 0.6 is 11.6 Å². The maximum Gasteiger partial charge on any atom is 0.308 e. The van der Waals surface area contributed by atoms with Gasteiger partial charge in [0.05, 0.1) is 17.0 Å². The SMILES string of the molecule is CC(C)(C)OC(=O)CC1CCc2cc3ccc(OCc4ccc(OC(CF)CF)c(Cl)c4)cc3n21. The minimum Gasteiger partial charge on any atom is -0.489 e. The molecule has 2 heterocycles. The van der Waals surface area contributed by atoms with E-state index in [2.05, 4.69) is 10.6 Å². The number of rotatable bonds is 9. The number of aromatic nitrogens is 1. The second-order valence-electron chi connectivity index (χ2n) is 9.81. The highest BCUT2D eigenvalue weighted by atomic mass is 35.5. The van der Waals surface area contributed by atoms with Gasteiger partial charge >= 0.3 is 5.97 Å². The summed E-state index contributed by atoms with van der Waals surface area (Å²) in [6, 6.07) is 13.1. The summed E-state index contributed by atoms with van der Waals surface area (Å²) in [4.78, 5) is 12.4. The van der Waals surface area contributed by atoms with Gasteiger partial charge in [0.2, 0.25) is 0 Å². The molecule has 8 heteroatoms. The molecule has 1 aromatic heterocycles. The van der Waals surface area contributed by atoms with Gasteiger partial charge in [-0.15, -0.1) is 0 Å². The fraction of sp³-hybridized carbons (Fsp3) is 0.444. The van der Waals surface area contributed by atoms with E-state index in [9.17, 15) is 13.6 Å². The van der Waals surface area contributed by atoms with Crippen molar-refractivity contribution in [3.8, 4) is 11.5 Å². The summed E-state index contributed by atoms with van der Waals surface area (Å²) in [5.74, 6) is 0.725. The molecule has 2 aromatic carbocycles. The zero-order valence-electron chi connectivity index (χ0n) is 20.2. The lowest BCUT2D eigenvalue weighted by molar-refractivity contribution is -0.155. The fourth-order valence-corrected chi connectivity index (χ4v) is 4.61. The lowest BCUT2D eigenvalue weighted by Crippen LogP contribution is -2.25. The monoisotopic (exact) mass is 505 g/mol. The number of esters is 1. The standard InChI is InChI=1S/C27H30ClF2NO4/c1-27(2,3)35-26(32)12-20-7-6-19-11-18-5-8-21(13-24(18)31(19)20)33-16-17-4-9-25(23(28)10-17)34-22(14-29)15-30/h4-5,8-11,13,20,22H,6-7,12,14-16H2,1-3H3. The molecule has 1 aliphatic heterocycles. The van der Waals surface area contributed by atoms with E-state index in [1.807, 2.05) is 39.0 Å². The van der Waals surface area contributed by atoms with E-state index in [0.717, 1.165) is 29.3 Å². The van der Waals surface area contributed by atoms with Crippen LogP contribution in [0.3, 0.4) is 0 Å². The molecule has 188 valence electrons. The quantitative estimate of drug-likeness (QED) is 0.301. The number of carbonyl (C=O) groups is 1. The van der Waals surface area contributed by atoms with Crippen molar-refractivity contribution in [3.63, 3.8) is 0 Å². The summed E-state index contributed by atoms with van der Waals surface area (Å²) in [6.45, 7) is 4.02. The zero-order valence-corrected chi connectivity index (χ0v) is 20.9. The Bertz CT molecular complexity index is 1200. The molecule has 0 bridgehead atoms. The molecule has 0 aliphatic carbocycles. The molecule has 1 unspecified atom stereocenters. The average molecular weight is 506 g/mol. The highest BCUT2D eigenvalue weighted by Crippen LogP contribution is 2.37. The van der Waals surface area contributed by atoms with E-state index >= 15 is 0 Å². The molecule has 3 aromatic rings. The van der Waals surface area contributed by atoms with Gasteiger partial charge in [-0.2, -0.15) is 0 Å². The van der Waals surface area contributed by atoms with Crippen molar-refractivity contribution in [2.45, 2.75) is 64.4 Å². The van der Waals surface area contributed by atoms with Gasteiger partial charge in [-0.25, -0.2) is 8.78 Å². The number of hydrogen-bond acceptors (Lipinski definition) is 4. The van der Waals surface area contributed by atoms with Crippen molar-refractivity contribution in [2.24, 2.45) is 0 Å². The maximum atomic E-state index is 12.7. The van der Waals surface area contributed by atoms with Gasteiger partial charge in [0.15, 0.2) is 6.10 Å². The molecule has 0 saturated heterocycles. The Kier molecular flexibility index (Phi) is 7.55. The smallest absolute Gasteiger partial charge is 0.308 e. The summed E-state index contributed by atoms with van der Waals surface area (Å²) in [7, 11) is 0. The van der Waals surface area contributed by atoms with Crippen LogP contribution in [0.25, 0.3) is 10.9 Å². The predicted molar refractivity (Wildman–Crippen MR) is 132 cm³/mol. The van der Waals surface area contributed by atoms with Gasteiger partial charge in [0, 0.05) is 23.2 Å². The summed E-state index contributed by atoms with van der Waals surface area (Å²) < 4.78 is 44.5. The van der Waals surface area contributed by atoms with Crippen LogP contribution < -0.4 is 9.47 Å². The van der Waals surface area contributed by atoms with Gasteiger partial charge in [0.25, 0.3) is 0 Å². The molecule has 1 atom stereocenters. The molecular weight excluding hydrogens is 476 g/mol. The van der Waals surface area contributed by atoms with Crippen LogP contribution in [-0.4, -0.2) is 35.6 Å². The molecule has 1 aliphatic rings. The first-order valence-corrected chi connectivity index (χ1v) is 12.1. The third-order valence-electron chi connectivity index (χ3n) is 5.85. The van der Waals surface area contributed by atoms with Crippen LogP contribution in [0.15, 0.2) is 42.5 Å². The second kappa shape index (κ2) is 10.4. The molecule has 4 rings (SSSR count). The first-order valence-electron chi connectivity index (χ1n) is 11.7. The second-order valence-corrected chi connectivity index (χ2v) is 10.2. The Hall–Kier alpha value is -2.80. The number of aryl methyl sites for hydroxylation is 1. The Morgan fingerprint density at radius 1 is 1.14 bits per heavy atom. The van der Waals surface area contributed by atoms with Gasteiger partial charge < -0.3 is 18.8 Å². The molecular formula is C27H30ClF2NO4. The number of ether oxygens (including phenoxy) is 3. The first kappa shape index (κ1) is 25.3. The Morgan fingerprint density at radius 2 is 1.91 bits per heavy atom. The highest BCUT2D eigenvalue weighted by Gasteiger charge is 2.28. The molecule has 35 heavy (non-hydrogen) atoms. The minimum atomic E-state index is -1.16. The van der Waals surface area contributed by atoms with Crippen LogP contribution in [0.5, 0.6) is 11.5 Å². The minimum absolute atomic E-state index is 0.0522. The number of nitrogens with zero attached hydrogens (tertiary/aromatic N) is 1. The van der Waals surface area contributed by atoms with Crippen molar-refractivity contribution < 1.29 is 27.8 Å². The molecule has 5 nitrogen and oxygen atoms in total. The van der Waals surface area contributed by atoms with Gasteiger partial charge in [-0.3, -0.25) is 4.79 Å². The van der Waals surface area contributed by atoms with E-state index in [1.54, 1.807) is 18.2 Å². The Morgan fingerprint density at radius 3 is 2.60 bits per heavy atom. The van der Waals surface area contributed by atoms with Crippen LogP contribution in [0.1, 0.15) is 50.9 Å². The Balaban J connectivity index is 1.46. The van der Waals surface area contributed by atoms with E-state index in [-0.39, 0.29) is 29.4 Å². The number of alkyl halides is 2. The van der Waals surface area contributed by atoms with E-state index in [4.69, 9.17) is 25.8 Å². The van der Waals surface area contributed by atoms with Crippen LogP contribution in [-0.2, 0) is 22.6 Å². The summed E-state index contributed by atoms with van der Waals surface area (Å²) in [6.07, 6.45) is 0.979. The van der Waals surface area contributed by atoms with E-state index in [1.165, 1.54) is 5.69 Å². The highest BCUT2D eigenvalue weighted by molar-refractivity contribution is 6.32. The number of halogens is 3. The number of benzene rings is 2. The molecule has 0 saturated carbocycles. The van der Waals surface area contributed by atoms with Gasteiger partial charge in [-0.1, -0.05) is 17.7 Å². The topological polar surface area (TPSA) is 49.7 Å². The molecule has 0 fully saturated rings. The largest absolute Gasteiger partial charge is 0.489 e. The van der Waals surface area contributed by atoms with Crippen LogP contribution in [0.2, 0.25) is 5.02 Å². The maximum absolute atomic E-state index is 12.7. The van der Waals surface area contributed by atoms with E-state index < -0.39 is 25.1 Å². The lowest BCUT2D eigenvalue weighted by atomic mass is 10.1. The summed E-state index contributed by atoms with van der Waals surface area (Å²) in [5.41, 5.74) is 2.51. The van der Waals surface area contributed by atoms with Gasteiger partial charge in [-0.05, 0) is 69.5 Å². The summed E-state index contributed by atoms with van der Waals surface area (Å²) in [5, 5.41) is 1.36. The average Bonchev–Trinajstić information content (AvgIpc) is 3.35. The first-order chi connectivity index (χ1) is 16.7.